The van der Waals surface area contributed by atoms with Gasteiger partial charge in [0.15, 0.2) is 0 Å². The Morgan fingerprint density at radius 3 is 2.86 bits per heavy atom. The summed E-state index contributed by atoms with van der Waals surface area (Å²) in [5.74, 6) is 0.603. The van der Waals surface area contributed by atoms with Crippen molar-refractivity contribution in [3.63, 3.8) is 0 Å². The van der Waals surface area contributed by atoms with Gasteiger partial charge in [-0.25, -0.2) is 4.98 Å². The van der Waals surface area contributed by atoms with Crippen molar-refractivity contribution in [3.8, 4) is 0 Å². The van der Waals surface area contributed by atoms with Gasteiger partial charge in [-0.1, -0.05) is 19.3 Å². The highest BCUT2D eigenvalue weighted by molar-refractivity contribution is 5.94. The van der Waals surface area contributed by atoms with Crippen LogP contribution in [0.5, 0.6) is 0 Å². The average Bonchev–Trinajstić information content (AvgIpc) is 3.07. The van der Waals surface area contributed by atoms with Crippen LogP contribution in [-0.4, -0.2) is 45.8 Å². The molecule has 2 N–H and O–H groups in total. The molecule has 6 nitrogen and oxygen atoms in total. The largest absolute Gasteiger partial charge is 0.348 e. The Kier molecular flexibility index (Phi) is 4.45. The third-order valence-corrected chi connectivity index (χ3v) is 4.80. The Morgan fingerprint density at radius 2 is 2.18 bits per heavy atom. The summed E-state index contributed by atoms with van der Waals surface area (Å²) in [7, 11) is 0. The number of hydrogen-bond donors (Lipinski definition) is 2. The van der Waals surface area contributed by atoms with Crippen LogP contribution in [0.1, 0.15) is 54.7 Å². The number of imidazole rings is 1. The topological polar surface area (TPSA) is 78.1 Å². The van der Waals surface area contributed by atoms with Crippen molar-refractivity contribution in [1.82, 2.24) is 20.2 Å². The lowest BCUT2D eigenvalue weighted by molar-refractivity contribution is -0.128. The van der Waals surface area contributed by atoms with E-state index in [4.69, 9.17) is 0 Å². The van der Waals surface area contributed by atoms with Crippen LogP contribution in [0.3, 0.4) is 0 Å². The number of hydrogen-bond acceptors (Lipinski definition) is 3. The number of aryl methyl sites for hydroxylation is 1. The molecular formula is C16H24N4O2. The highest BCUT2D eigenvalue weighted by Crippen LogP contribution is 2.26. The van der Waals surface area contributed by atoms with E-state index < -0.39 is 0 Å². The molecule has 1 saturated carbocycles. The van der Waals surface area contributed by atoms with Gasteiger partial charge in [-0.15, -0.1) is 0 Å². The van der Waals surface area contributed by atoms with Gasteiger partial charge in [0.25, 0.3) is 5.91 Å². The molecular weight excluding hydrogens is 280 g/mol. The van der Waals surface area contributed by atoms with E-state index in [-0.39, 0.29) is 17.9 Å². The Labute approximate surface area is 130 Å². The molecule has 0 aromatic carbocycles. The van der Waals surface area contributed by atoms with Crippen LogP contribution in [0.15, 0.2) is 6.33 Å². The molecule has 0 spiro atoms. The summed E-state index contributed by atoms with van der Waals surface area (Å²) in [6.07, 6.45) is 8.27. The van der Waals surface area contributed by atoms with Crippen molar-refractivity contribution in [2.45, 2.75) is 51.5 Å². The van der Waals surface area contributed by atoms with Gasteiger partial charge in [-0.05, 0) is 25.7 Å². The lowest BCUT2D eigenvalue weighted by atomic mass is 9.89. The van der Waals surface area contributed by atoms with Crippen molar-refractivity contribution in [1.29, 1.82) is 0 Å². The van der Waals surface area contributed by atoms with Crippen molar-refractivity contribution in [3.05, 3.63) is 17.7 Å². The van der Waals surface area contributed by atoms with E-state index in [1.165, 1.54) is 38.4 Å². The number of nitrogens with one attached hydrogen (secondary N) is 2. The number of aromatic nitrogens is 2. The van der Waals surface area contributed by atoms with Gasteiger partial charge in [0.1, 0.15) is 5.69 Å². The normalized spacial score (nSPS) is 23.0. The van der Waals surface area contributed by atoms with Crippen LogP contribution in [0.25, 0.3) is 0 Å². The Bertz CT molecular complexity index is 548. The summed E-state index contributed by atoms with van der Waals surface area (Å²) in [6, 6.07) is -0.0975. The first-order chi connectivity index (χ1) is 10.6. The molecule has 1 atom stereocenters. The minimum atomic E-state index is -0.198. The van der Waals surface area contributed by atoms with Crippen LogP contribution >= 0.6 is 0 Å². The molecule has 2 fully saturated rings. The molecule has 2 aliphatic rings. The first-order valence-corrected chi connectivity index (χ1v) is 8.22. The van der Waals surface area contributed by atoms with Crippen LogP contribution in [0, 0.1) is 12.8 Å². The molecule has 1 saturated heterocycles. The van der Waals surface area contributed by atoms with Crippen molar-refractivity contribution < 1.29 is 9.59 Å². The summed E-state index contributed by atoms with van der Waals surface area (Å²) in [6.45, 7) is 3.30. The summed E-state index contributed by atoms with van der Waals surface area (Å²) in [5, 5.41) is 2.94. The van der Waals surface area contributed by atoms with Gasteiger partial charge < -0.3 is 15.2 Å². The number of likely N-dealkylation sites (tertiary alicyclic amines) is 1. The fraction of sp³-hybridized carbons (Fsp3) is 0.688. The van der Waals surface area contributed by atoms with E-state index in [1.807, 2.05) is 11.8 Å². The third kappa shape index (κ3) is 3.31. The predicted octanol–water partition coefficient (Wildman–Crippen LogP) is 1.63. The highest BCUT2D eigenvalue weighted by Gasteiger charge is 2.32. The number of H-pyrrole nitrogens is 1. The highest BCUT2D eigenvalue weighted by atomic mass is 16.2. The zero-order valence-corrected chi connectivity index (χ0v) is 13.1. The summed E-state index contributed by atoms with van der Waals surface area (Å²) >= 11 is 0. The summed E-state index contributed by atoms with van der Waals surface area (Å²) in [4.78, 5) is 33.2. The van der Waals surface area contributed by atoms with Crippen LogP contribution in [0.4, 0.5) is 0 Å². The number of carbonyl (C=O) groups is 2. The quantitative estimate of drug-likeness (QED) is 0.887. The molecule has 0 unspecified atom stereocenters. The van der Waals surface area contributed by atoms with E-state index >= 15 is 0 Å². The van der Waals surface area contributed by atoms with Crippen LogP contribution < -0.4 is 5.32 Å². The minimum absolute atomic E-state index is 0.0975. The fourth-order valence-corrected chi connectivity index (χ4v) is 3.57. The number of amides is 2. The SMILES string of the molecule is Cc1[nH]cnc1C(=O)N[C@@H]1CC(=O)N(CC2CCCCC2)C1. The molecule has 120 valence electrons. The van der Waals surface area contributed by atoms with Gasteiger partial charge in [0.05, 0.1) is 12.4 Å². The van der Waals surface area contributed by atoms with Crippen molar-refractivity contribution in [2.75, 3.05) is 13.1 Å². The Hall–Kier alpha value is -1.85. The first-order valence-electron chi connectivity index (χ1n) is 8.22. The molecule has 0 radical (unpaired) electrons. The van der Waals surface area contributed by atoms with E-state index in [0.29, 0.717) is 24.6 Å². The molecule has 6 heteroatoms. The van der Waals surface area contributed by atoms with Gasteiger partial charge in [0.2, 0.25) is 5.91 Å². The summed E-state index contributed by atoms with van der Waals surface area (Å²) in [5.41, 5.74) is 1.17. The number of aromatic amines is 1. The zero-order valence-electron chi connectivity index (χ0n) is 13.1. The lowest BCUT2D eigenvalue weighted by Gasteiger charge is -2.27. The van der Waals surface area contributed by atoms with Crippen LogP contribution in [0.2, 0.25) is 0 Å². The maximum absolute atomic E-state index is 12.2. The summed E-state index contributed by atoms with van der Waals surface area (Å²) < 4.78 is 0. The molecule has 1 aliphatic heterocycles. The van der Waals surface area contributed by atoms with E-state index in [2.05, 4.69) is 15.3 Å². The third-order valence-electron chi connectivity index (χ3n) is 4.80. The van der Waals surface area contributed by atoms with E-state index in [1.54, 1.807) is 0 Å². The molecule has 2 heterocycles. The Morgan fingerprint density at radius 1 is 1.41 bits per heavy atom. The maximum atomic E-state index is 12.2. The molecule has 0 bridgehead atoms. The Balaban J connectivity index is 1.53. The first kappa shape index (κ1) is 15.1. The average molecular weight is 304 g/mol. The van der Waals surface area contributed by atoms with Gasteiger partial charge >= 0.3 is 0 Å². The van der Waals surface area contributed by atoms with Gasteiger partial charge in [0, 0.05) is 25.2 Å². The van der Waals surface area contributed by atoms with Gasteiger partial charge in [-0.3, -0.25) is 9.59 Å². The maximum Gasteiger partial charge on any atom is 0.272 e. The molecule has 22 heavy (non-hydrogen) atoms. The van der Waals surface area contributed by atoms with E-state index in [9.17, 15) is 9.59 Å². The van der Waals surface area contributed by atoms with E-state index in [0.717, 1.165) is 12.2 Å². The zero-order chi connectivity index (χ0) is 15.5. The minimum Gasteiger partial charge on any atom is -0.348 e. The second-order valence-corrected chi connectivity index (χ2v) is 6.55. The fourth-order valence-electron chi connectivity index (χ4n) is 3.57. The lowest BCUT2D eigenvalue weighted by Crippen LogP contribution is -2.38. The number of rotatable bonds is 4. The molecule has 1 aromatic rings. The molecule has 2 amide bonds. The monoisotopic (exact) mass is 304 g/mol. The number of carbonyl (C=O) groups excluding carboxylic acids is 2. The van der Waals surface area contributed by atoms with Crippen molar-refractivity contribution >= 4 is 11.8 Å². The van der Waals surface area contributed by atoms with Crippen molar-refractivity contribution in [2.24, 2.45) is 5.92 Å². The standard InChI is InChI=1S/C16H24N4O2/c1-11-15(18-10-17-11)16(22)19-13-7-14(21)20(9-13)8-12-5-3-2-4-6-12/h10,12-13H,2-9H2,1H3,(H,17,18)(H,19,22)/t13-/m1/s1. The van der Waals surface area contributed by atoms with Crippen LogP contribution in [-0.2, 0) is 4.79 Å². The molecule has 1 aromatic heterocycles. The second kappa shape index (κ2) is 6.50. The second-order valence-electron chi connectivity index (χ2n) is 6.55. The van der Waals surface area contributed by atoms with Gasteiger partial charge in [-0.2, -0.15) is 0 Å². The predicted molar refractivity (Wildman–Crippen MR) is 82.4 cm³/mol. The molecule has 3 rings (SSSR count). The molecule has 1 aliphatic carbocycles. The number of nitrogens with zero attached hydrogens (tertiary/aromatic N) is 2. The smallest absolute Gasteiger partial charge is 0.272 e.